The number of hydrogen-bond donors (Lipinski definition) is 3. The van der Waals surface area contributed by atoms with Crippen LogP contribution in [-0.4, -0.2) is 65.9 Å². The zero-order chi connectivity index (χ0) is 33.5. The van der Waals surface area contributed by atoms with Crippen molar-refractivity contribution in [1.29, 1.82) is 0 Å². The van der Waals surface area contributed by atoms with Crippen molar-refractivity contribution in [2.45, 2.75) is 97.5 Å². The lowest BCUT2D eigenvalue weighted by Gasteiger charge is -2.29. The smallest absolute Gasteiger partial charge is 0.328 e. The summed E-state index contributed by atoms with van der Waals surface area (Å²) in [5, 5.41) is 16.4. The second-order valence-corrected chi connectivity index (χ2v) is 11.9. The standard InChI is InChI=1S/C35H48N2O8/c1-22(2)17-18-31(39)36-25(5)35(43)45-30-16-11-9-7-8-10-15-28(44-6)21-32(40)37-29-20-27(38)19-26(34(29)42)14-12-13-23(3)33(41)24(30)4/h7-11,13,15,19-20,22,24-25,28,30,33,41H,12,14,16-18,21H2,1-6H3,(H,36,39)(H,37,40)/b8-7-,11-9-,15-10-,23-13-/t24-,25+,28-,30-,33-/m0/s1. The molecule has 0 unspecified atom stereocenters. The Morgan fingerprint density at radius 1 is 1.09 bits per heavy atom. The van der Waals surface area contributed by atoms with Crippen molar-refractivity contribution >= 4 is 29.4 Å². The number of fused-ring (bicyclic) bond motifs is 2. The molecule has 0 fully saturated rings. The Balaban J connectivity index is 2.28. The highest BCUT2D eigenvalue weighted by Crippen LogP contribution is 2.24. The molecule has 0 spiro atoms. The van der Waals surface area contributed by atoms with Crippen LogP contribution in [0, 0.1) is 11.8 Å². The van der Waals surface area contributed by atoms with Gasteiger partial charge < -0.3 is 25.2 Å². The van der Waals surface area contributed by atoms with Crippen LogP contribution in [-0.2, 0) is 33.4 Å². The maximum absolute atomic E-state index is 13.0. The molecule has 0 saturated heterocycles. The van der Waals surface area contributed by atoms with Gasteiger partial charge in [-0.25, -0.2) is 4.79 Å². The van der Waals surface area contributed by atoms with Crippen LogP contribution < -0.4 is 10.6 Å². The number of aliphatic hydroxyl groups excluding tert-OH is 1. The van der Waals surface area contributed by atoms with E-state index >= 15 is 0 Å². The SMILES string of the molecule is CO[C@H]1\C=C/C=C\C=C/C[C@H](OC(=O)[C@@H](C)NC(=O)CCC(C)C)[C@H](C)[C@@H](O)/C(C)=C\CCC2=CC(=O)C=C(NC(=O)C1)C2=O. The van der Waals surface area contributed by atoms with Crippen LogP contribution in [0.3, 0.4) is 0 Å². The average Bonchev–Trinajstić information content (AvgIpc) is 2.98. The zero-order valence-corrected chi connectivity index (χ0v) is 27.2. The van der Waals surface area contributed by atoms with Crippen LogP contribution in [0.4, 0.5) is 0 Å². The number of amides is 2. The number of Topliss-reactive ketones (excluding diaryl/α,β-unsaturated/α-hetero) is 1. The van der Waals surface area contributed by atoms with E-state index in [1.165, 1.54) is 13.2 Å². The third-order valence-corrected chi connectivity index (χ3v) is 7.64. The minimum atomic E-state index is -0.974. The number of hydrogen-bond acceptors (Lipinski definition) is 8. The van der Waals surface area contributed by atoms with E-state index in [4.69, 9.17) is 9.47 Å². The lowest BCUT2D eigenvalue weighted by atomic mass is 9.90. The fraction of sp³-hybridized carbons (Fsp3) is 0.514. The number of ether oxygens (including phenoxy) is 2. The molecule has 2 amide bonds. The van der Waals surface area contributed by atoms with Crippen molar-refractivity contribution in [3.05, 3.63) is 71.5 Å². The molecule has 5 atom stereocenters. The summed E-state index contributed by atoms with van der Waals surface area (Å²) >= 11 is 0. The summed E-state index contributed by atoms with van der Waals surface area (Å²) in [5.74, 6) is -2.28. The Hall–Kier alpha value is -3.89. The molecule has 10 nitrogen and oxygen atoms in total. The number of methoxy groups -OCH3 is 1. The molecule has 0 aromatic carbocycles. The molecule has 0 aromatic heterocycles. The molecule has 1 heterocycles. The first-order valence-corrected chi connectivity index (χ1v) is 15.5. The fourth-order valence-corrected chi connectivity index (χ4v) is 4.77. The van der Waals surface area contributed by atoms with E-state index in [9.17, 15) is 29.1 Å². The number of aliphatic hydroxyl groups is 1. The van der Waals surface area contributed by atoms with Gasteiger partial charge in [0.05, 0.1) is 24.3 Å². The van der Waals surface area contributed by atoms with Crippen molar-refractivity contribution in [2.24, 2.45) is 11.8 Å². The highest BCUT2D eigenvalue weighted by atomic mass is 16.5. The molecule has 2 bridgehead atoms. The molecule has 1 aliphatic carbocycles. The normalized spacial score (nSPS) is 27.8. The predicted molar refractivity (Wildman–Crippen MR) is 171 cm³/mol. The van der Waals surface area contributed by atoms with E-state index in [-0.39, 0.29) is 30.0 Å². The Kier molecular flexibility index (Phi) is 15.6. The number of allylic oxidation sites excluding steroid dienone is 8. The van der Waals surface area contributed by atoms with Gasteiger partial charge in [0.25, 0.3) is 0 Å². The fourth-order valence-electron chi connectivity index (χ4n) is 4.77. The number of carbonyl (C=O) groups is 5. The summed E-state index contributed by atoms with van der Waals surface area (Å²) in [5.41, 5.74) is 0.787. The number of ketones is 2. The minimum Gasteiger partial charge on any atom is -0.460 e. The quantitative estimate of drug-likeness (QED) is 0.218. The first-order valence-electron chi connectivity index (χ1n) is 15.5. The monoisotopic (exact) mass is 624 g/mol. The third kappa shape index (κ3) is 12.9. The van der Waals surface area contributed by atoms with Gasteiger partial charge in [0.2, 0.25) is 17.6 Å². The maximum Gasteiger partial charge on any atom is 0.328 e. The van der Waals surface area contributed by atoms with E-state index < -0.39 is 53.7 Å². The van der Waals surface area contributed by atoms with Crippen LogP contribution in [0.15, 0.2) is 71.5 Å². The third-order valence-electron chi connectivity index (χ3n) is 7.64. The summed E-state index contributed by atoms with van der Waals surface area (Å²) in [6.45, 7) is 9.15. The molecule has 45 heavy (non-hydrogen) atoms. The van der Waals surface area contributed by atoms with Crippen LogP contribution >= 0.6 is 0 Å². The second kappa shape index (κ2) is 18.8. The van der Waals surface area contributed by atoms with Crippen LogP contribution in [0.2, 0.25) is 0 Å². The van der Waals surface area contributed by atoms with Gasteiger partial charge in [-0.3, -0.25) is 19.2 Å². The van der Waals surface area contributed by atoms with Crippen molar-refractivity contribution in [3.8, 4) is 0 Å². The number of esters is 1. The van der Waals surface area contributed by atoms with Gasteiger partial charge in [0, 0.05) is 37.5 Å². The molecule has 0 aromatic rings. The first kappa shape index (κ1) is 37.3. The number of rotatable bonds is 7. The minimum absolute atomic E-state index is 0.0596. The summed E-state index contributed by atoms with van der Waals surface area (Å²) < 4.78 is 11.2. The molecule has 1 aliphatic heterocycles. The van der Waals surface area contributed by atoms with Gasteiger partial charge in [0.15, 0.2) is 5.78 Å². The molecule has 2 rings (SSSR count). The van der Waals surface area contributed by atoms with Crippen LogP contribution in [0.5, 0.6) is 0 Å². The Bertz CT molecular complexity index is 1270. The Labute approximate surface area is 266 Å². The van der Waals surface area contributed by atoms with Gasteiger partial charge in [-0.15, -0.1) is 0 Å². The molecular weight excluding hydrogens is 576 g/mol. The molecule has 246 valence electrons. The number of nitrogens with one attached hydrogen (secondary N) is 2. The lowest BCUT2D eigenvalue weighted by Crippen LogP contribution is -2.43. The van der Waals surface area contributed by atoms with Gasteiger partial charge in [0.1, 0.15) is 12.1 Å². The van der Waals surface area contributed by atoms with Gasteiger partial charge >= 0.3 is 5.97 Å². The highest BCUT2D eigenvalue weighted by Gasteiger charge is 2.30. The van der Waals surface area contributed by atoms with Crippen molar-refractivity contribution < 1.29 is 38.6 Å². The van der Waals surface area contributed by atoms with Gasteiger partial charge in [-0.05, 0) is 50.7 Å². The molecule has 0 saturated carbocycles. The Morgan fingerprint density at radius 2 is 1.80 bits per heavy atom. The molecular formula is C35H48N2O8. The topological polar surface area (TPSA) is 148 Å². The average molecular weight is 625 g/mol. The Morgan fingerprint density at radius 3 is 2.49 bits per heavy atom. The zero-order valence-electron chi connectivity index (χ0n) is 27.2. The molecule has 0 radical (unpaired) electrons. The van der Waals surface area contributed by atoms with Crippen molar-refractivity contribution in [1.82, 2.24) is 10.6 Å². The van der Waals surface area contributed by atoms with Crippen LogP contribution in [0.25, 0.3) is 0 Å². The summed E-state index contributed by atoms with van der Waals surface area (Å²) in [7, 11) is 1.47. The van der Waals surface area contributed by atoms with Gasteiger partial charge in [-0.1, -0.05) is 63.3 Å². The van der Waals surface area contributed by atoms with Crippen LogP contribution in [0.1, 0.15) is 73.1 Å². The van der Waals surface area contributed by atoms with E-state index in [2.05, 4.69) is 10.6 Å². The highest BCUT2D eigenvalue weighted by molar-refractivity contribution is 6.21. The summed E-state index contributed by atoms with van der Waals surface area (Å²) in [6, 6.07) is -0.858. The van der Waals surface area contributed by atoms with Gasteiger partial charge in [-0.2, -0.15) is 0 Å². The van der Waals surface area contributed by atoms with Crippen molar-refractivity contribution in [3.63, 3.8) is 0 Å². The number of carbonyl (C=O) groups excluding carboxylic acids is 5. The van der Waals surface area contributed by atoms with E-state index in [1.807, 2.05) is 19.9 Å². The molecule has 3 N–H and O–H groups in total. The van der Waals surface area contributed by atoms with E-state index in [0.717, 1.165) is 6.08 Å². The van der Waals surface area contributed by atoms with Crippen molar-refractivity contribution in [2.75, 3.05) is 7.11 Å². The largest absolute Gasteiger partial charge is 0.460 e. The maximum atomic E-state index is 13.0. The first-order chi connectivity index (χ1) is 21.3. The van der Waals surface area contributed by atoms with E-state index in [0.29, 0.717) is 37.2 Å². The molecule has 10 heteroatoms. The predicted octanol–water partition coefficient (Wildman–Crippen LogP) is 4.12. The van der Waals surface area contributed by atoms with E-state index in [1.54, 1.807) is 57.2 Å². The second-order valence-electron chi connectivity index (χ2n) is 11.9. The summed E-state index contributed by atoms with van der Waals surface area (Å²) in [4.78, 5) is 63.2. The molecule has 2 aliphatic rings. The lowest BCUT2D eigenvalue weighted by molar-refractivity contribution is -0.156. The summed E-state index contributed by atoms with van der Waals surface area (Å²) in [6.07, 6.45) is 14.3.